The fourth-order valence-corrected chi connectivity index (χ4v) is 2.52. The third-order valence-electron chi connectivity index (χ3n) is 3.69. The highest BCUT2D eigenvalue weighted by molar-refractivity contribution is 4.96. The van der Waals surface area contributed by atoms with Gasteiger partial charge < -0.3 is 15.2 Å². The summed E-state index contributed by atoms with van der Waals surface area (Å²) in [6.07, 6.45) is 0.287. The first-order chi connectivity index (χ1) is 7.56. The number of morpholine rings is 1. The monoisotopic (exact) mass is 230 g/mol. The molecular formula is C12H26N2O2. The predicted octanol–water partition coefficient (Wildman–Crippen LogP) is 0.707. The molecule has 4 heteroatoms. The molecule has 1 rings (SSSR count). The summed E-state index contributed by atoms with van der Waals surface area (Å²) in [5.74, 6) is 0.475. The van der Waals surface area contributed by atoms with Gasteiger partial charge in [0.05, 0.1) is 24.9 Å². The Bertz CT molecular complexity index is 211. The summed E-state index contributed by atoms with van der Waals surface area (Å²) in [6.45, 7) is 10.5. The molecule has 1 aliphatic heterocycles. The van der Waals surface area contributed by atoms with Crippen LogP contribution in [0.15, 0.2) is 0 Å². The maximum Gasteiger partial charge on any atom is 0.0674 e. The van der Waals surface area contributed by atoms with Gasteiger partial charge in [0.25, 0.3) is 0 Å². The Morgan fingerprint density at radius 3 is 2.69 bits per heavy atom. The van der Waals surface area contributed by atoms with Gasteiger partial charge in [-0.15, -0.1) is 0 Å². The lowest BCUT2D eigenvalue weighted by atomic mass is 9.84. The van der Waals surface area contributed by atoms with Crippen molar-refractivity contribution in [2.45, 2.75) is 32.4 Å². The molecule has 0 aliphatic carbocycles. The molecule has 1 aliphatic rings. The second-order valence-electron chi connectivity index (χ2n) is 5.02. The van der Waals surface area contributed by atoms with E-state index in [-0.39, 0.29) is 11.6 Å². The minimum atomic E-state index is -0.0488. The van der Waals surface area contributed by atoms with Gasteiger partial charge in [0.15, 0.2) is 0 Å². The van der Waals surface area contributed by atoms with Crippen molar-refractivity contribution in [3.8, 4) is 0 Å². The Balaban J connectivity index is 2.81. The Hall–Kier alpha value is -0.160. The molecule has 0 bridgehead atoms. The zero-order valence-corrected chi connectivity index (χ0v) is 11.0. The van der Waals surface area contributed by atoms with Crippen molar-refractivity contribution in [2.24, 2.45) is 11.7 Å². The fraction of sp³-hybridized carbons (Fsp3) is 1.00. The average Bonchev–Trinajstić information content (AvgIpc) is 2.25. The van der Waals surface area contributed by atoms with Crippen molar-refractivity contribution in [3.63, 3.8) is 0 Å². The van der Waals surface area contributed by atoms with Gasteiger partial charge in [-0.3, -0.25) is 4.90 Å². The fourth-order valence-electron chi connectivity index (χ4n) is 2.52. The summed E-state index contributed by atoms with van der Waals surface area (Å²) >= 11 is 0. The van der Waals surface area contributed by atoms with E-state index in [0.29, 0.717) is 19.1 Å². The van der Waals surface area contributed by atoms with Crippen molar-refractivity contribution >= 4 is 0 Å². The summed E-state index contributed by atoms with van der Waals surface area (Å²) in [6, 6.07) is 0. The third-order valence-corrected chi connectivity index (χ3v) is 3.69. The van der Waals surface area contributed by atoms with Gasteiger partial charge in [0.2, 0.25) is 0 Å². The zero-order valence-electron chi connectivity index (χ0n) is 11.0. The van der Waals surface area contributed by atoms with Crippen molar-refractivity contribution in [1.82, 2.24) is 4.90 Å². The molecule has 0 aromatic heterocycles. The lowest BCUT2D eigenvalue weighted by molar-refractivity contribution is -0.0942. The van der Waals surface area contributed by atoms with E-state index in [2.05, 4.69) is 25.7 Å². The highest BCUT2D eigenvalue weighted by Gasteiger charge is 2.40. The number of nitrogens with two attached hydrogens (primary N) is 1. The lowest BCUT2D eigenvalue weighted by Crippen LogP contribution is -2.64. The second-order valence-corrected chi connectivity index (χ2v) is 5.02. The number of ether oxygens (including phenoxy) is 2. The molecule has 0 saturated carbocycles. The van der Waals surface area contributed by atoms with Crippen LogP contribution in [0.1, 0.15) is 20.8 Å². The van der Waals surface area contributed by atoms with E-state index in [0.717, 1.165) is 19.7 Å². The van der Waals surface area contributed by atoms with Crippen LogP contribution in [0.5, 0.6) is 0 Å². The SMILES string of the molecule is COCC(CN)(C(C)C)N1CCOC(C)C1. The maximum atomic E-state index is 6.01. The molecule has 0 radical (unpaired) electrons. The number of hydrogen-bond donors (Lipinski definition) is 1. The summed E-state index contributed by atoms with van der Waals surface area (Å²) in [7, 11) is 1.75. The van der Waals surface area contributed by atoms with Gasteiger partial charge >= 0.3 is 0 Å². The molecule has 96 valence electrons. The van der Waals surface area contributed by atoms with E-state index in [1.165, 1.54) is 0 Å². The van der Waals surface area contributed by atoms with Gasteiger partial charge in [-0.2, -0.15) is 0 Å². The minimum Gasteiger partial charge on any atom is -0.383 e. The highest BCUT2D eigenvalue weighted by atomic mass is 16.5. The molecule has 1 fully saturated rings. The molecule has 1 heterocycles. The molecule has 0 aromatic rings. The largest absolute Gasteiger partial charge is 0.383 e. The van der Waals surface area contributed by atoms with E-state index < -0.39 is 0 Å². The molecule has 0 aromatic carbocycles. The standard InChI is InChI=1S/C12H26N2O2/c1-10(2)12(8-13,9-15-4)14-5-6-16-11(3)7-14/h10-11H,5-9,13H2,1-4H3. The van der Waals surface area contributed by atoms with E-state index >= 15 is 0 Å². The second kappa shape index (κ2) is 5.96. The molecular weight excluding hydrogens is 204 g/mol. The van der Waals surface area contributed by atoms with Crippen LogP contribution < -0.4 is 5.73 Å². The van der Waals surface area contributed by atoms with Crippen LogP contribution in [-0.2, 0) is 9.47 Å². The van der Waals surface area contributed by atoms with Crippen LogP contribution >= 0.6 is 0 Å². The Kier molecular flexibility index (Phi) is 5.18. The van der Waals surface area contributed by atoms with E-state index in [1.807, 2.05) is 0 Å². The summed E-state index contributed by atoms with van der Waals surface area (Å²) in [5, 5.41) is 0. The van der Waals surface area contributed by atoms with Crippen LogP contribution in [0.4, 0.5) is 0 Å². The predicted molar refractivity (Wildman–Crippen MR) is 65.5 cm³/mol. The Morgan fingerprint density at radius 2 is 2.25 bits per heavy atom. The van der Waals surface area contributed by atoms with Crippen molar-refractivity contribution in [1.29, 1.82) is 0 Å². The van der Waals surface area contributed by atoms with Crippen LogP contribution in [0.3, 0.4) is 0 Å². The van der Waals surface area contributed by atoms with Gasteiger partial charge in [0.1, 0.15) is 0 Å². The quantitative estimate of drug-likeness (QED) is 0.755. The topological polar surface area (TPSA) is 47.7 Å². The molecule has 1 saturated heterocycles. The van der Waals surface area contributed by atoms with Crippen LogP contribution in [0.2, 0.25) is 0 Å². The summed E-state index contributed by atoms with van der Waals surface area (Å²) in [5.41, 5.74) is 5.96. The van der Waals surface area contributed by atoms with Gasteiger partial charge in [-0.1, -0.05) is 13.8 Å². The van der Waals surface area contributed by atoms with Crippen molar-refractivity contribution in [2.75, 3.05) is 40.0 Å². The first kappa shape index (κ1) is 13.9. The Labute approximate surface area is 99.1 Å². The first-order valence-corrected chi connectivity index (χ1v) is 6.12. The summed E-state index contributed by atoms with van der Waals surface area (Å²) < 4.78 is 11.0. The molecule has 0 spiro atoms. The van der Waals surface area contributed by atoms with E-state index in [9.17, 15) is 0 Å². The van der Waals surface area contributed by atoms with E-state index in [1.54, 1.807) is 7.11 Å². The van der Waals surface area contributed by atoms with Gasteiger partial charge in [-0.05, 0) is 12.8 Å². The average molecular weight is 230 g/mol. The van der Waals surface area contributed by atoms with Crippen LogP contribution in [0, 0.1) is 5.92 Å². The maximum absolute atomic E-state index is 6.01. The number of nitrogens with zero attached hydrogens (tertiary/aromatic N) is 1. The smallest absolute Gasteiger partial charge is 0.0674 e. The molecule has 2 N–H and O–H groups in total. The van der Waals surface area contributed by atoms with E-state index in [4.69, 9.17) is 15.2 Å². The van der Waals surface area contributed by atoms with Gasteiger partial charge in [-0.25, -0.2) is 0 Å². The van der Waals surface area contributed by atoms with Crippen molar-refractivity contribution < 1.29 is 9.47 Å². The normalized spacial score (nSPS) is 27.0. The van der Waals surface area contributed by atoms with Gasteiger partial charge in [0, 0.05) is 26.7 Å². The third kappa shape index (κ3) is 2.74. The highest BCUT2D eigenvalue weighted by Crippen LogP contribution is 2.26. The number of rotatable bonds is 5. The molecule has 0 amide bonds. The van der Waals surface area contributed by atoms with Crippen molar-refractivity contribution in [3.05, 3.63) is 0 Å². The minimum absolute atomic E-state index is 0.0488. The summed E-state index contributed by atoms with van der Waals surface area (Å²) in [4.78, 5) is 2.44. The Morgan fingerprint density at radius 1 is 1.56 bits per heavy atom. The molecule has 2 atom stereocenters. The van der Waals surface area contributed by atoms with Crippen LogP contribution in [-0.4, -0.2) is 56.5 Å². The first-order valence-electron chi connectivity index (χ1n) is 6.12. The lowest BCUT2D eigenvalue weighted by Gasteiger charge is -2.48. The van der Waals surface area contributed by atoms with Crippen LogP contribution in [0.25, 0.3) is 0 Å². The zero-order chi connectivity index (χ0) is 12.2. The molecule has 2 unspecified atom stereocenters. The molecule has 16 heavy (non-hydrogen) atoms. The molecule has 4 nitrogen and oxygen atoms in total. The number of methoxy groups -OCH3 is 1. The number of hydrogen-bond acceptors (Lipinski definition) is 4.